The Morgan fingerprint density at radius 1 is 0.500 bits per heavy atom. The molecule has 6 aromatic carbocycles. The van der Waals surface area contributed by atoms with Crippen LogP contribution in [0, 0.1) is 0 Å². The van der Waals surface area contributed by atoms with Gasteiger partial charge in [0.1, 0.15) is 0 Å². The molecule has 6 aromatic rings. The van der Waals surface area contributed by atoms with Gasteiger partial charge in [-0.05, 0) is 62.6 Å². The van der Waals surface area contributed by atoms with Crippen molar-refractivity contribution in [3.05, 3.63) is 114 Å². The Kier molecular flexibility index (Phi) is 5.38. The van der Waals surface area contributed by atoms with Crippen molar-refractivity contribution in [2.45, 2.75) is 12.4 Å². The molecule has 0 aliphatic carbocycles. The van der Waals surface area contributed by atoms with Gasteiger partial charge in [-0.1, -0.05) is 72.8 Å². The van der Waals surface area contributed by atoms with E-state index in [2.05, 4.69) is 0 Å². The molecule has 190 valence electrons. The predicted octanol–water partition coefficient (Wildman–Crippen LogP) is 8.26. The number of hydrogen-bond donors (Lipinski definition) is 0. The lowest BCUT2D eigenvalue weighted by Crippen LogP contribution is -2.27. The highest BCUT2D eigenvalue weighted by Gasteiger charge is 2.38. The summed E-state index contributed by atoms with van der Waals surface area (Å²) >= 11 is 0. The van der Waals surface area contributed by atoms with Crippen molar-refractivity contribution in [1.82, 2.24) is 0 Å². The highest BCUT2D eigenvalue weighted by Crippen LogP contribution is 2.48. The first-order chi connectivity index (χ1) is 18.0. The fourth-order valence-electron chi connectivity index (χ4n) is 5.18. The molecule has 0 saturated heterocycles. The molecule has 0 unspecified atom stereocenters. The van der Waals surface area contributed by atoms with E-state index in [1.54, 1.807) is 18.2 Å². The molecule has 0 spiro atoms. The van der Waals surface area contributed by atoms with E-state index >= 15 is 4.57 Å². The average molecular weight is 538 g/mol. The SMILES string of the molecule is O=P(c1cccc(C(F)(F)F)c1)(c1cccc(C(F)(F)F)c1)c1ccc2ccc3cccc4ccc1c2c34. The smallest absolute Gasteiger partial charge is 0.309 e. The molecule has 0 aromatic heterocycles. The Hall–Kier alpha value is -3.83. The minimum atomic E-state index is -4.72. The van der Waals surface area contributed by atoms with Crippen LogP contribution in [0.15, 0.2) is 103 Å². The number of benzene rings is 6. The molecule has 0 heterocycles. The topological polar surface area (TPSA) is 17.1 Å². The second-order valence-corrected chi connectivity index (χ2v) is 11.9. The van der Waals surface area contributed by atoms with Crippen LogP contribution in [0.25, 0.3) is 32.3 Å². The van der Waals surface area contributed by atoms with Crippen LogP contribution < -0.4 is 15.9 Å². The maximum atomic E-state index is 15.2. The highest BCUT2D eigenvalue weighted by molar-refractivity contribution is 7.85. The first-order valence-electron chi connectivity index (χ1n) is 11.6. The van der Waals surface area contributed by atoms with E-state index in [4.69, 9.17) is 0 Å². The van der Waals surface area contributed by atoms with Gasteiger partial charge < -0.3 is 4.57 Å². The summed E-state index contributed by atoms with van der Waals surface area (Å²) in [7, 11) is -4.23. The van der Waals surface area contributed by atoms with Gasteiger partial charge in [-0.3, -0.25) is 0 Å². The number of hydrogen-bond acceptors (Lipinski definition) is 1. The molecule has 0 amide bonds. The van der Waals surface area contributed by atoms with Gasteiger partial charge in [-0.15, -0.1) is 0 Å². The van der Waals surface area contributed by atoms with Gasteiger partial charge in [0.2, 0.25) is 0 Å². The van der Waals surface area contributed by atoms with Crippen molar-refractivity contribution in [1.29, 1.82) is 0 Å². The minimum absolute atomic E-state index is 0.182. The summed E-state index contributed by atoms with van der Waals surface area (Å²) in [5, 5.41) is 4.64. The zero-order valence-corrected chi connectivity index (χ0v) is 20.3. The summed E-state index contributed by atoms with van der Waals surface area (Å²) in [6, 6.07) is 24.5. The van der Waals surface area contributed by atoms with Crippen LogP contribution in [0.5, 0.6) is 0 Å². The molecule has 6 rings (SSSR count). The monoisotopic (exact) mass is 538 g/mol. The largest absolute Gasteiger partial charge is 0.416 e. The van der Waals surface area contributed by atoms with Crippen LogP contribution in [0.3, 0.4) is 0 Å². The summed E-state index contributed by atoms with van der Waals surface area (Å²) in [6.45, 7) is 0. The van der Waals surface area contributed by atoms with E-state index in [1.165, 1.54) is 12.1 Å². The van der Waals surface area contributed by atoms with Crippen LogP contribution in [-0.4, -0.2) is 0 Å². The lowest BCUT2D eigenvalue weighted by atomic mass is 9.94. The van der Waals surface area contributed by atoms with E-state index < -0.39 is 30.6 Å². The third kappa shape index (κ3) is 3.76. The highest BCUT2D eigenvalue weighted by atomic mass is 31.2. The van der Waals surface area contributed by atoms with Crippen molar-refractivity contribution in [2.75, 3.05) is 0 Å². The van der Waals surface area contributed by atoms with Gasteiger partial charge in [0.15, 0.2) is 7.14 Å². The molecular weight excluding hydrogens is 521 g/mol. The van der Waals surface area contributed by atoms with Gasteiger partial charge in [-0.2, -0.15) is 26.3 Å². The van der Waals surface area contributed by atoms with Gasteiger partial charge in [0, 0.05) is 15.9 Å². The van der Waals surface area contributed by atoms with Gasteiger partial charge in [0.25, 0.3) is 0 Å². The molecule has 0 N–H and O–H groups in total. The molecule has 0 atom stereocenters. The minimum Gasteiger partial charge on any atom is -0.309 e. The molecule has 1 nitrogen and oxygen atoms in total. The zero-order valence-electron chi connectivity index (χ0n) is 19.4. The summed E-state index contributed by atoms with van der Waals surface area (Å²) in [5.41, 5.74) is -2.06. The Labute approximate surface area is 213 Å². The third-order valence-electron chi connectivity index (χ3n) is 6.92. The van der Waals surface area contributed by atoms with Gasteiger partial charge >= 0.3 is 12.4 Å². The first kappa shape index (κ1) is 24.5. The standard InChI is InChI=1S/C30H17F6OP/c31-29(32,33)21-6-2-8-23(16-21)38(37,24-9-3-7-22(17-24)30(34,35)36)26-15-13-20-11-10-18-4-1-5-19-12-14-25(26)28(20)27(18)19/h1-17H. The van der Waals surface area contributed by atoms with Crippen molar-refractivity contribution < 1.29 is 30.9 Å². The maximum Gasteiger partial charge on any atom is 0.416 e. The van der Waals surface area contributed by atoms with Gasteiger partial charge in [-0.25, -0.2) is 0 Å². The van der Waals surface area contributed by atoms with Crippen molar-refractivity contribution in [3.63, 3.8) is 0 Å². The van der Waals surface area contributed by atoms with Crippen LogP contribution in [-0.2, 0) is 16.9 Å². The van der Waals surface area contributed by atoms with E-state index in [-0.39, 0.29) is 15.9 Å². The second-order valence-electron chi connectivity index (χ2n) is 9.15. The molecular formula is C30H17F6OP. The predicted molar refractivity (Wildman–Crippen MR) is 140 cm³/mol. The average Bonchev–Trinajstić information content (AvgIpc) is 2.90. The summed E-state index contributed by atoms with van der Waals surface area (Å²) in [4.78, 5) is 0. The van der Waals surface area contributed by atoms with E-state index in [0.29, 0.717) is 5.39 Å². The van der Waals surface area contributed by atoms with E-state index in [0.717, 1.165) is 63.3 Å². The Balaban J connectivity index is 1.74. The Morgan fingerprint density at radius 3 is 1.47 bits per heavy atom. The summed E-state index contributed by atoms with van der Waals surface area (Å²) in [6.07, 6.45) is -9.45. The zero-order chi connectivity index (χ0) is 26.9. The lowest BCUT2D eigenvalue weighted by molar-refractivity contribution is -0.138. The quantitative estimate of drug-likeness (QED) is 0.126. The van der Waals surface area contributed by atoms with Crippen LogP contribution in [0.4, 0.5) is 26.3 Å². The van der Waals surface area contributed by atoms with Crippen molar-refractivity contribution in [3.8, 4) is 0 Å². The van der Waals surface area contributed by atoms with Gasteiger partial charge in [0.05, 0.1) is 11.1 Å². The summed E-state index contributed by atoms with van der Waals surface area (Å²) in [5.74, 6) is 0. The normalized spacial score (nSPS) is 13.1. The van der Waals surface area contributed by atoms with E-state index in [1.807, 2.05) is 36.4 Å². The van der Waals surface area contributed by atoms with Crippen LogP contribution >= 0.6 is 7.14 Å². The van der Waals surface area contributed by atoms with E-state index in [9.17, 15) is 26.3 Å². The molecule has 0 fully saturated rings. The second kappa shape index (κ2) is 8.34. The Morgan fingerprint density at radius 2 is 0.947 bits per heavy atom. The maximum absolute atomic E-state index is 15.2. The third-order valence-corrected chi connectivity index (χ3v) is 10.00. The molecule has 8 heteroatoms. The molecule has 0 aliphatic rings. The first-order valence-corrected chi connectivity index (χ1v) is 13.3. The van der Waals surface area contributed by atoms with Crippen LogP contribution in [0.1, 0.15) is 11.1 Å². The van der Waals surface area contributed by atoms with Crippen molar-refractivity contribution in [2.24, 2.45) is 0 Å². The number of rotatable bonds is 3. The fraction of sp³-hybridized carbons (Fsp3) is 0.0667. The molecule has 0 radical (unpaired) electrons. The fourth-order valence-corrected chi connectivity index (χ4v) is 8.08. The number of alkyl halides is 6. The van der Waals surface area contributed by atoms with Crippen molar-refractivity contribution >= 4 is 55.4 Å². The molecule has 0 aliphatic heterocycles. The molecule has 0 saturated carbocycles. The molecule has 38 heavy (non-hydrogen) atoms. The number of halogens is 6. The lowest BCUT2D eigenvalue weighted by Gasteiger charge is -2.24. The Bertz CT molecular complexity index is 1810. The van der Waals surface area contributed by atoms with Crippen LogP contribution in [0.2, 0.25) is 0 Å². The summed E-state index contributed by atoms with van der Waals surface area (Å²) < 4.78 is 97.2. The molecule has 0 bridgehead atoms.